The van der Waals surface area contributed by atoms with Crippen molar-refractivity contribution >= 4 is 5.91 Å². The number of nitrogens with one attached hydrogen (secondary N) is 1. The van der Waals surface area contributed by atoms with Gasteiger partial charge in [-0.05, 0) is 43.0 Å². The van der Waals surface area contributed by atoms with Crippen molar-refractivity contribution in [3.8, 4) is 0 Å². The number of nitrogens with zero attached hydrogens (tertiary/aromatic N) is 1. The van der Waals surface area contributed by atoms with Crippen LogP contribution in [0.15, 0.2) is 48.8 Å². The predicted molar refractivity (Wildman–Crippen MR) is 88.9 cm³/mol. The minimum Gasteiger partial charge on any atom is -0.381 e. The van der Waals surface area contributed by atoms with Gasteiger partial charge in [-0.1, -0.05) is 29.8 Å². The second-order valence-electron chi connectivity index (χ2n) is 6.02. The summed E-state index contributed by atoms with van der Waals surface area (Å²) in [6.07, 6.45) is 5.11. The summed E-state index contributed by atoms with van der Waals surface area (Å²) in [5.74, 6) is 0.147. The fourth-order valence-corrected chi connectivity index (χ4v) is 2.89. The number of rotatable bonds is 4. The third-order valence-electron chi connectivity index (χ3n) is 4.33. The molecule has 1 aromatic heterocycles. The second kappa shape index (κ2) is 7.38. The van der Waals surface area contributed by atoms with Crippen LogP contribution in [0.1, 0.15) is 35.6 Å². The van der Waals surface area contributed by atoms with Gasteiger partial charge in [0.25, 0.3) is 0 Å². The van der Waals surface area contributed by atoms with Crippen molar-refractivity contribution in [2.75, 3.05) is 13.2 Å². The van der Waals surface area contributed by atoms with Gasteiger partial charge in [0, 0.05) is 31.5 Å². The average Bonchev–Trinajstić information content (AvgIpc) is 2.62. The zero-order chi connectivity index (χ0) is 16.1. The number of carbonyl (C=O) groups is 1. The highest BCUT2D eigenvalue weighted by atomic mass is 16.5. The van der Waals surface area contributed by atoms with E-state index in [9.17, 15) is 4.79 Å². The van der Waals surface area contributed by atoms with E-state index in [-0.39, 0.29) is 17.9 Å². The van der Waals surface area contributed by atoms with Crippen LogP contribution in [0.3, 0.4) is 0 Å². The molecule has 2 aromatic rings. The maximum atomic E-state index is 12.6. The molecule has 0 aliphatic carbocycles. The molecule has 1 aliphatic rings. The van der Waals surface area contributed by atoms with Gasteiger partial charge in [-0.2, -0.15) is 0 Å². The van der Waals surface area contributed by atoms with E-state index in [0.717, 1.165) is 24.0 Å². The van der Waals surface area contributed by atoms with E-state index < -0.39 is 0 Å². The fraction of sp³-hybridized carbons (Fsp3) is 0.368. The zero-order valence-electron chi connectivity index (χ0n) is 13.4. The van der Waals surface area contributed by atoms with Crippen LogP contribution in [0, 0.1) is 12.8 Å². The van der Waals surface area contributed by atoms with Gasteiger partial charge in [-0.3, -0.25) is 9.78 Å². The van der Waals surface area contributed by atoms with Gasteiger partial charge >= 0.3 is 0 Å². The van der Waals surface area contributed by atoms with Crippen LogP contribution in [0.4, 0.5) is 0 Å². The first-order valence-corrected chi connectivity index (χ1v) is 8.08. The summed E-state index contributed by atoms with van der Waals surface area (Å²) in [5, 5.41) is 3.22. The second-order valence-corrected chi connectivity index (χ2v) is 6.02. The molecule has 1 saturated heterocycles. The standard InChI is InChI=1S/C19H22N2O2/c1-14-2-4-15(5-3-14)18(16-6-10-20-11-7-16)21-19(22)17-8-12-23-13-9-17/h2-7,10-11,17-18H,8-9,12-13H2,1H3,(H,21,22). The summed E-state index contributed by atoms with van der Waals surface area (Å²) in [7, 11) is 0. The van der Waals surface area contributed by atoms with Crippen molar-refractivity contribution in [2.45, 2.75) is 25.8 Å². The molecular formula is C19H22N2O2. The van der Waals surface area contributed by atoms with Crippen molar-refractivity contribution < 1.29 is 9.53 Å². The molecule has 1 fully saturated rings. The summed E-state index contributed by atoms with van der Waals surface area (Å²) in [6, 6.07) is 12.1. The SMILES string of the molecule is Cc1ccc(C(NC(=O)C2CCOCC2)c2ccncc2)cc1. The lowest BCUT2D eigenvalue weighted by molar-refractivity contribution is -0.128. The Labute approximate surface area is 136 Å². The molecular weight excluding hydrogens is 288 g/mol. The fourth-order valence-electron chi connectivity index (χ4n) is 2.89. The third kappa shape index (κ3) is 3.96. The number of aromatic nitrogens is 1. The Morgan fingerprint density at radius 3 is 2.35 bits per heavy atom. The quantitative estimate of drug-likeness (QED) is 0.944. The van der Waals surface area contributed by atoms with E-state index in [4.69, 9.17) is 4.74 Å². The summed E-state index contributed by atoms with van der Waals surface area (Å²) in [6.45, 7) is 3.40. The molecule has 1 atom stereocenters. The van der Waals surface area contributed by atoms with Gasteiger partial charge in [-0.25, -0.2) is 0 Å². The van der Waals surface area contributed by atoms with Crippen LogP contribution in [0.2, 0.25) is 0 Å². The molecule has 120 valence electrons. The summed E-state index contributed by atoms with van der Waals surface area (Å²) in [4.78, 5) is 16.7. The van der Waals surface area contributed by atoms with Gasteiger partial charge in [-0.15, -0.1) is 0 Å². The molecule has 3 rings (SSSR count). The molecule has 1 aromatic carbocycles. The van der Waals surface area contributed by atoms with E-state index in [1.807, 2.05) is 12.1 Å². The summed E-state index contributed by atoms with van der Waals surface area (Å²) < 4.78 is 5.35. The van der Waals surface area contributed by atoms with Gasteiger partial charge in [0.1, 0.15) is 0 Å². The highest BCUT2D eigenvalue weighted by Crippen LogP contribution is 2.24. The largest absolute Gasteiger partial charge is 0.381 e. The van der Waals surface area contributed by atoms with E-state index >= 15 is 0 Å². The molecule has 1 unspecified atom stereocenters. The van der Waals surface area contributed by atoms with Crippen molar-refractivity contribution in [2.24, 2.45) is 5.92 Å². The number of benzene rings is 1. The molecule has 1 N–H and O–H groups in total. The first-order chi connectivity index (χ1) is 11.2. The molecule has 4 nitrogen and oxygen atoms in total. The zero-order valence-corrected chi connectivity index (χ0v) is 13.4. The molecule has 4 heteroatoms. The molecule has 0 radical (unpaired) electrons. The highest BCUT2D eigenvalue weighted by Gasteiger charge is 2.25. The Balaban J connectivity index is 1.83. The lowest BCUT2D eigenvalue weighted by atomic mass is 9.95. The predicted octanol–water partition coefficient (Wildman–Crippen LogP) is 3.02. The Hall–Kier alpha value is -2.20. The average molecular weight is 310 g/mol. The minimum absolute atomic E-state index is 0.0403. The van der Waals surface area contributed by atoms with E-state index in [2.05, 4.69) is 41.5 Å². The number of aryl methyl sites for hydroxylation is 1. The van der Waals surface area contributed by atoms with Gasteiger partial charge in [0.15, 0.2) is 0 Å². The Kier molecular flexibility index (Phi) is 5.03. The topological polar surface area (TPSA) is 51.2 Å². The van der Waals surface area contributed by atoms with Crippen molar-refractivity contribution in [3.63, 3.8) is 0 Å². The Morgan fingerprint density at radius 2 is 1.70 bits per heavy atom. The maximum absolute atomic E-state index is 12.6. The molecule has 0 spiro atoms. The maximum Gasteiger partial charge on any atom is 0.224 e. The van der Waals surface area contributed by atoms with Gasteiger partial charge in [0.05, 0.1) is 6.04 Å². The number of hydrogen-bond acceptors (Lipinski definition) is 3. The highest BCUT2D eigenvalue weighted by molar-refractivity contribution is 5.79. The number of hydrogen-bond donors (Lipinski definition) is 1. The molecule has 1 amide bonds. The van der Waals surface area contributed by atoms with Crippen LogP contribution in [0.25, 0.3) is 0 Å². The lowest BCUT2D eigenvalue weighted by Crippen LogP contribution is -2.37. The van der Waals surface area contributed by atoms with Crippen molar-refractivity contribution in [1.82, 2.24) is 10.3 Å². The smallest absolute Gasteiger partial charge is 0.224 e. The van der Waals surface area contributed by atoms with Crippen LogP contribution in [-0.4, -0.2) is 24.1 Å². The monoisotopic (exact) mass is 310 g/mol. The van der Waals surface area contributed by atoms with Crippen molar-refractivity contribution in [1.29, 1.82) is 0 Å². The van der Waals surface area contributed by atoms with E-state index in [1.54, 1.807) is 12.4 Å². The number of ether oxygens (including phenoxy) is 1. The molecule has 0 saturated carbocycles. The molecule has 2 heterocycles. The van der Waals surface area contributed by atoms with Crippen LogP contribution >= 0.6 is 0 Å². The van der Waals surface area contributed by atoms with E-state index in [1.165, 1.54) is 5.56 Å². The molecule has 1 aliphatic heterocycles. The first kappa shape index (κ1) is 15.7. The third-order valence-corrected chi connectivity index (χ3v) is 4.33. The van der Waals surface area contributed by atoms with E-state index in [0.29, 0.717) is 13.2 Å². The van der Waals surface area contributed by atoms with Crippen molar-refractivity contribution in [3.05, 3.63) is 65.5 Å². The lowest BCUT2D eigenvalue weighted by Gasteiger charge is -2.25. The van der Waals surface area contributed by atoms with Gasteiger partial charge in [0.2, 0.25) is 5.91 Å². The summed E-state index contributed by atoms with van der Waals surface area (Å²) in [5.41, 5.74) is 3.34. The first-order valence-electron chi connectivity index (χ1n) is 8.08. The van der Waals surface area contributed by atoms with Crippen LogP contribution in [-0.2, 0) is 9.53 Å². The number of pyridine rings is 1. The minimum atomic E-state index is -0.144. The normalized spacial score (nSPS) is 16.7. The molecule has 23 heavy (non-hydrogen) atoms. The number of carbonyl (C=O) groups excluding carboxylic acids is 1. The Bertz CT molecular complexity index is 634. The molecule has 0 bridgehead atoms. The van der Waals surface area contributed by atoms with Gasteiger partial charge < -0.3 is 10.1 Å². The summed E-state index contributed by atoms with van der Waals surface area (Å²) >= 11 is 0. The Morgan fingerprint density at radius 1 is 1.09 bits per heavy atom. The van der Waals surface area contributed by atoms with Crippen LogP contribution < -0.4 is 5.32 Å². The number of amides is 1. The van der Waals surface area contributed by atoms with Crippen LogP contribution in [0.5, 0.6) is 0 Å².